The van der Waals surface area contributed by atoms with Gasteiger partial charge >= 0.3 is 0 Å². The molecule has 0 spiro atoms. The Balaban J connectivity index is 1.54. The van der Waals surface area contributed by atoms with E-state index >= 15 is 0 Å². The van der Waals surface area contributed by atoms with Crippen molar-refractivity contribution in [2.45, 2.75) is 26.7 Å². The Morgan fingerprint density at radius 1 is 0.964 bits per heavy atom. The minimum Gasteiger partial charge on any atom is -0.493 e. The van der Waals surface area contributed by atoms with Crippen LogP contribution < -0.4 is 4.74 Å². The number of hydrogen-bond donors (Lipinski definition) is 2. The quantitative estimate of drug-likeness (QED) is 0.591. The third-order valence-corrected chi connectivity index (χ3v) is 4.76. The van der Waals surface area contributed by atoms with Gasteiger partial charge in [0.25, 0.3) is 0 Å². The standard InChI is InChI=1S/C23H27NO4/c1-16-3-7-20(8-4-16)23-24-22(17(2)28-23)11-12-27-21-9-5-18(6-10-21)13-19(14-25)15-26/h3-10,19,25-26H,11-15H2,1-2H3. The number of aliphatic hydroxyl groups is 2. The van der Waals surface area contributed by atoms with Crippen molar-refractivity contribution in [1.29, 1.82) is 0 Å². The maximum absolute atomic E-state index is 9.18. The van der Waals surface area contributed by atoms with Crippen molar-refractivity contribution in [3.8, 4) is 17.2 Å². The molecule has 0 aliphatic carbocycles. The van der Waals surface area contributed by atoms with Gasteiger partial charge in [-0.15, -0.1) is 0 Å². The summed E-state index contributed by atoms with van der Waals surface area (Å²) in [5.74, 6) is 2.12. The van der Waals surface area contributed by atoms with Gasteiger partial charge in [0.15, 0.2) is 0 Å². The summed E-state index contributed by atoms with van der Waals surface area (Å²) < 4.78 is 11.6. The predicted molar refractivity (Wildman–Crippen MR) is 108 cm³/mol. The number of aryl methyl sites for hydroxylation is 2. The summed E-state index contributed by atoms with van der Waals surface area (Å²) in [6, 6.07) is 15.9. The molecular formula is C23H27NO4. The van der Waals surface area contributed by atoms with Gasteiger partial charge in [-0.1, -0.05) is 29.8 Å². The molecule has 1 heterocycles. The highest BCUT2D eigenvalue weighted by molar-refractivity contribution is 5.54. The van der Waals surface area contributed by atoms with Gasteiger partial charge in [-0.3, -0.25) is 0 Å². The van der Waals surface area contributed by atoms with Crippen LogP contribution >= 0.6 is 0 Å². The normalized spacial score (nSPS) is 11.2. The Kier molecular flexibility index (Phi) is 6.85. The van der Waals surface area contributed by atoms with Crippen LogP contribution in [-0.2, 0) is 12.8 Å². The lowest BCUT2D eigenvalue weighted by molar-refractivity contribution is 0.150. The number of benzene rings is 2. The number of nitrogens with zero attached hydrogens (tertiary/aromatic N) is 1. The van der Waals surface area contributed by atoms with E-state index in [2.05, 4.69) is 11.9 Å². The average Bonchev–Trinajstić information content (AvgIpc) is 3.08. The second-order valence-corrected chi connectivity index (χ2v) is 7.07. The minimum absolute atomic E-state index is 0.0175. The maximum atomic E-state index is 9.18. The lowest BCUT2D eigenvalue weighted by Gasteiger charge is -2.11. The summed E-state index contributed by atoms with van der Waals surface area (Å²) in [4.78, 5) is 4.61. The molecular weight excluding hydrogens is 354 g/mol. The fraction of sp³-hybridized carbons (Fsp3) is 0.348. The monoisotopic (exact) mass is 381 g/mol. The summed E-state index contributed by atoms with van der Waals surface area (Å²) in [5.41, 5.74) is 4.15. The van der Waals surface area contributed by atoms with Crippen molar-refractivity contribution >= 4 is 0 Å². The van der Waals surface area contributed by atoms with E-state index < -0.39 is 0 Å². The smallest absolute Gasteiger partial charge is 0.226 e. The molecule has 0 aliphatic rings. The highest BCUT2D eigenvalue weighted by Crippen LogP contribution is 2.23. The highest BCUT2D eigenvalue weighted by Gasteiger charge is 2.12. The molecule has 28 heavy (non-hydrogen) atoms. The van der Waals surface area contributed by atoms with E-state index in [0.717, 1.165) is 28.3 Å². The fourth-order valence-corrected chi connectivity index (χ4v) is 2.99. The van der Waals surface area contributed by atoms with Crippen molar-refractivity contribution in [1.82, 2.24) is 4.98 Å². The molecule has 0 radical (unpaired) electrons. The molecule has 0 bridgehead atoms. The second kappa shape index (κ2) is 9.53. The van der Waals surface area contributed by atoms with Crippen molar-refractivity contribution < 1.29 is 19.4 Å². The summed E-state index contributed by atoms with van der Waals surface area (Å²) in [6.07, 6.45) is 1.31. The number of aliphatic hydroxyl groups excluding tert-OH is 2. The van der Waals surface area contributed by atoms with Gasteiger partial charge in [0.05, 0.1) is 12.3 Å². The molecule has 0 aliphatic heterocycles. The Hall–Kier alpha value is -2.63. The van der Waals surface area contributed by atoms with Crippen LogP contribution in [0.3, 0.4) is 0 Å². The van der Waals surface area contributed by atoms with Crippen LogP contribution in [0.25, 0.3) is 11.5 Å². The molecule has 1 aromatic heterocycles. The van der Waals surface area contributed by atoms with E-state index in [1.54, 1.807) is 0 Å². The number of ether oxygens (including phenoxy) is 1. The van der Waals surface area contributed by atoms with E-state index in [4.69, 9.17) is 9.15 Å². The van der Waals surface area contributed by atoms with Crippen LogP contribution in [0.1, 0.15) is 22.6 Å². The number of aromatic nitrogens is 1. The molecule has 0 atom stereocenters. The molecule has 3 aromatic rings. The molecule has 0 amide bonds. The van der Waals surface area contributed by atoms with Crippen LogP contribution in [0, 0.1) is 19.8 Å². The summed E-state index contributed by atoms with van der Waals surface area (Å²) in [6.45, 7) is 4.45. The zero-order valence-corrected chi connectivity index (χ0v) is 16.4. The van der Waals surface area contributed by atoms with E-state index in [0.29, 0.717) is 25.3 Å². The molecule has 2 N–H and O–H groups in total. The fourth-order valence-electron chi connectivity index (χ4n) is 2.99. The number of oxazole rings is 1. The van der Waals surface area contributed by atoms with Crippen LogP contribution in [-0.4, -0.2) is 35.0 Å². The molecule has 0 saturated carbocycles. The topological polar surface area (TPSA) is 75.7 Å². The van der Waals surface area contributed by atoms with E-state index in [1.807, 2.05) is 55.5 Å². The molecule has 0 fully saturated rings. The lowest BCUT2D eigenvalue weighted by Crippen LogP contribution is -2.13. The van der Waals surface area contributed by atoms with Crippen molar-refractivity contribution in [3.05, 3.63) is 71.1 Å². The van der Waals surface area contributed by atoms with Gasteiger partial charge in [0.1, 0.15) is 11.5 Å². The van der Waals surface area contributed by atoms with Gasteiger partial charge in [-0.05, 0) is 50.1 Å². The first kappa shape index (κ1) is 20.1. The minimum atomic E-state index is -0.121. The van der Waals surface area contributed by atoms with Gasteiger partial charge in [-0.2, -0.15) is 0 Å². The summed E-state index contributed by atoms with van der Waals surface area (Å²) in [7, 11) is 0. The number of hydrogen-bond acceptors (Lipinski definition) is 5. The predicted octanol–water partition coefficient (Wildman–Crippen LogP) is 3.72. The summed E-state index contributed by atoms with van der Waals surface area (Å²) >= 11 is 0. The van der Waals surface area contributed by atoms with Crippen molar-refractivity contribution in [2.24, 2.45) is 5.92 Å². The SMILES string of the molecule is Cc1ccc(-c2nc(CCOc3ccc(CC(CO)CO)cc3)c(C)o2)cc1. The largest absolute Gasteiger partial charge is 0.493 e. The molecule has 3 rings (SSSR count). The molecule has 0 saturated heterocycles. The second-order valence-electron chi connectivity index (χ2n) is 7.07. The van der Waals surface area contributed by atoms with Gasteiger partial charge in [-0.25, -0.2) is 4.98 Å². The van der Waals surface area contributed by atoms with Gasteiger partial charge in [0, 0.05) is 31.1 Å². The first-order chi connectivity index (χ1) is 13.6. The van der Waals surface area contributed by atoms with Crippen molar-refractivity contribution in [2.75, 3.05) is 19.8 Å². The third kappa shape index (κ3) is 5.21. The Morgan fingerprint density at radius 3 is 2.29 bits per heavy atom. The van der Waals surface area contributed by atoms with Crippen LogP contribution in [0.2, 0.25) is 0 Å². The van der Waals surface area contributed by atoms with Gasteiger partial charge in [0.2, 0.25) is 5.89 Å². The van der Waals surface area contributed by atoms with Crippen LogP contribution in [0.4, 0.5) is 0 Å². The highest BCUT2D eigenvalue weighted by atomic mass is 16.5. The summed E-state index contributed by atoms with van der Waals surface area (Å²) in [5, 5.41) is 18.4. The molecule has 2 aromatic carbocycles. The number of rotatable bonds is 9. The Labute approximate surface area is 165 Å². The van der Waals surface area contributed by atoms with Gasteiger partial charge < -0.3 is 19.4 Å². The van der Waals surface area contributed by atoms with Crippen molar-refractivity contribution in [3.63, 3.8) is 0 Å². The van der Waals surface area contributed by atoms with E-state index in [9.17, 15) is 10.2 Å². The molecule has 5 nitrogen and oxygen atoms in total. The zero-order chi connectivity index (χ0) is 19.9. The lowest BCUT2D eigenvalue weighted by atomic mass is 10.0. The molecule has 148 valence electrons. The molecule has 5 heteroatoms. The maximum Gasteiger partial charge on any atom is 0.226 e. The first-order valence-corrected chi connectivity index (χ1v) is 9.56. The Morgan fingerprint density at radius 2 is 1.64 bits per heavy atom. The first-order valence-electron chi connectivity index (χ1n) is 9.56. The van der Waals surface area contributed by atoms with E-state index in [-0.39, 0.29) is 19.1 Å². The zero-order valence-electron chi connectivity index (χ0n) is 16.4. The third-order valence-electron chi connectivity index (χ3n) is 4.76. The van der Waals surface area contributed by atoms with Crippen LogP contribution in [0.5, 0.6) is 5.75 Å². The Bertz CT molecular complexity index is 865. The van der Waals surface area contributed by atoms with Crippen LogP contribution in [0.15, 0.2) is 52.9 Å². The average molecular weight is 381 g/mol. The molecule has 0 unspecified atom stereocenters. The van der Waals surface area contributed by atoms with E-state index in [1.165, 1.54) is 5.56 Å².